The van der Waals surface area contributed by atoms with E-state index in [1.54, 1.807) is 11.0 Å². The number of furan rings is 1. The van der Waals surface area contributed by atoms with Crippen LogP contribution in [0.25, 0.3) is 6.08 Å². The minimum atomic E-state index is -0.629. The van der Waals surface area contributed by atoms with Gasteiger partial charge in [0.15, 0.2) is 11.6 Å². The molecule has 1 N–H and O–H groups in total. The first-order chi connectivity index (χ1) is 13.5. The molecule has 1 fully saturated rings. The Bertz CT molecular complexity index is 887. The van der Waals surface area contributed by atoms with Crippen LogP contribution >= 0.6 is 0 Å². The highest BCUT2D eigenvalue weighted by Gasteiger charge is 2.23. The minimum absolute atomic E-state index is 0.173. The molecule has 148 valence electrons. The quantitative estimate of drug-likeness (QED) is 0.456. The van der Waals surface area contributed by atoms with Gasteiger partial charge in [0.2, 0.25) is 5.91 Å². The van der Waals surface area contributed by atoms with Crippen molar-refractivity contribution in [2.75, 3.05) is 33.3 Å². The third-order valence-electron chi connectivity index (χ3n) is 4.64. The van der Waals surface area contributed by atoms with E-state index in [9.17, 15) is 19.3 Å². The number of nitrogens with zero attached hydrogens (tertiary/aromatic N) is 2. The lowest BCUT2D eigenvalue weighted by atomic mass is 10.2. The number of rotatable bonds is 6. The van der Waals surface area contributed by atoms with E-state index in [0.29, 0.717) is 19.6 Å². The first kappa shape index (κ1) is 19.6. The number of ether oxygens (including phenoxy) is 1. The maximum atomic E-state index is 13.8. The summed E-state index contributed by atoms with van der Waals surface area (Å²) in [5, 5.41) is 10.6. The number of piperazine rings is 1. The van der Waals surface area contributed by atoms with Gasteiger partial charge in [-0.2, -0.15) is 0 Å². The van der Waals surface area contributed by atoms with Crippen LogP contribution in [-0.2, 0) is 11.3 Å². The van der Waals surface area contributed by atoms with E-state index in [-0.39, 0.29) is 29.1 Å². The molecule has 1 saturated heterocycles. The van der Waals surface area contributed by atoms with Crippen molar-refractivity contribution in [2.24, 2.45) is 0 Å². The summed E-state index contributed by atoms with van der Waals surface area (Å²) in [5.41, 5.74) is 0.882. The number of carbonyl (C=O) groups is 1. The van der Waals surface area contributed by atoms with Crippen LogP contribution in [-0.4, -0.2) is 49.0 Å². The summed E-state index contributed by atoms with van der Waals surface area (Å²) in [5.74, 6) is -0.432. The van der Waals surface area contributed by atoms with Crippen molar-refractivity contribution in [3.05, 3.63) is 63.7 Å². The first-order valence-electron chi connectivity index (χ1n) is 8.83. The second-order valence-electron chi connectivity index (χ2n) is 6.49. The first-order valence-corrected chi connectivity index (χ1v) is 8.83. The summed E-state index contributed by atoms with van der Waals surface area (Å²) >= 11 is 0. The zero-order valence-electron chi connectivity index (χ0n) is 15.4. The molecule has 1 amide bonds. The average Bonchev–Trinajstić information content (AvgIpc) is 3.16. The number of amides is 1. The highest BCUT2D eigenvalue weighted by molar-refractivity contribution is 5.91. The summed E-state index contributed by atoms with van der Waals surface area (Å²) in [4.78, 5) is 25.2. The Hall–Kier alpha value is -3.20. The van der Waals surface area contributed by atoms with Crippen LogP contribution in [0.1, 0.15) is 11.3 Å². The van der Waals surface area contributed by atoms with Crippen LogP contribution in [0.3, 0.4) is 0 Å². The topological polar surface area (TPSA) is 90.3 Å². The Morgan fingerprint density at radius 2 is 2.11 bits per heavy atom. The van der Waals surface area contributed by atoms with Gasteiger partial charge in [0.1, 0.15) is 17.2 Å². The SMILES string of the molecule is COc1ccc(C[NH+]2CCN(C(=O)/C=C/c3ccc([N+](=O)[O-])o3)CC2)cc1F. The van der Waals surface area contributed by atoms with Crippen LogP contribution in [0.2, 0.25) is 0 Å². The second-order valence-corrected chi connectivity index (χ2v) is 6.49. The fraction of sp³-hybridized carbons (Fsp3) is 0.316. The number of quaternary nitrogens is 1. The van der Waals surface area contributed by atoms with E-state index in [1.165, 1.54) is 42.4 Å². The van der Waals surface area contributed by atoms with Crippen molar-refractivity contribution >= 4 is 17.9 Å². The molecule has 8 nitrogen and oxygen atoms in total. The van der Waals surface area contributed by atoms with Gasteiger partial charge in [-0.25, -0.2) is 4.39 Å². The Kier molecular flexibility index (Phi) is 6.05. The Balaban J connectivity index is 1.50. The molecule has 0 aliphatic carbocycles. The van der Waals surface area contributed by atoms with Crippen molar-refractivity contribution < 1.29 is 28.2 Å². The number of hydrogen-bond donors (Lipinski definition) is 1. The monoisotopic (exact) mass is 390 g/mol. The minimum Gasteiger partial charge on any atom is -0.494 e. The van der Waals surface area contributed by atoms with Gasteiger partial charge in [-0.05, 0) is 30.3 Å². The van der Waals surface area contributed by atoms with Crippen molar-refractivity contribution in [3.63, 3.8) is 0 Å². The predicted octanol–water partition coefficient (Wildman–Crippen LogP) is 1.28. The van der Waals surface area contributed by atoms with E-state index in [4.69, 9.17) is 9.15 Å². The van der Waals surface area contributed by atoms with Gasteiger partial charge in [-0.1, -0.05) is 0 Å². The second kappa shape index (κ2) is 8.66. The Morgan fingerprint density at radius 3 is 2.71 bits per heavy atom. The van der Waals surface area contributed by atoms with Gasteiger partial charge in [0.25, 0.3) is 0 Å². The van der Waals surface area contributed by atoms with Gasteiger partial charge in [-0.15, -0.1) is 0 Å². The molecule has 1 aliphatic heterocycles. The number of halogens is 1. The fourth-order valence-corrected chi connectivity index (χ4v) is 3.12. The van der Waals surface area contributed by atoms with Crippen LogP contribution < -0.4 is 9.64 Å². The summed E-state index contributed by atoms with van der Waals surface area (Å²) < 4.78 is 23.7. The van der Waals surface area contributed by atoms with Gasteiger partial charge in [0.05, 0.1) is 39.4 Å². The molecule has 1 aromatic carbocycles. The Morgan fingerprint density at radius 1 is 1.36 bits per heavy atom. The lowest BCUT2D eigenvalue weighted by molar-refractivity contribution is -0.917. The molecule has 0 saturated carbocycles. The lowest BCUT2D eigenvalue weighted by Gasteiger charge is -2.31. The summed E-state index contributed by atoms with van der Waals surface area (Å²) in [7, 11) is 1.43. The van der Waals surface area contributed by atoms with Gasteiger partial charge in [-0.3, -0.25) is 14.9 Å². The average molecular weight is 390 g/mol. The molecule has 2 heterocycles. The fourth-order valence-electron chi connectivity index (χ4n) is 3.12. The summed E-state index contributed by atoms with van der Waals surface area (Å²) in [6.07, 6.45) is 2.78. The van der Waals surface area contributed by atoms with E-state index >= 15 is 0 Å². The number of benzene rings is 1. The molecule has 9 heteroatoms. The maximum Gasteiger partial charge on any atom is 0.433 e. The largest absolute Gasteiger partial charge is 0.494 e. The van der Waals surface area contributed by atoms with Crippen LogP contribution in [0.5, 0.6) is 5.75 Å². The number of hydrogen-bond acceptors (Lipinski definition) is 5. The molecule has 0 unspecified atom stereocenters. The molecular formula is C19H21FN3O5+. The number of methoxy groups -OCH3 is 1. The summed E-state index contributed by atoms with van der Waals surface area (Å²) in [6.45, 7) is 3.33. The normalized spacial score (nSPS) is 15.1. The van der Waals surface area contributed by atoms with Gasteiger partial charge < -0.3 is 19.0 Å². The molecule has 3 rings (SSSR count). The molecule has 0 atom stereocenters. The molecule has 1 aliphatic rings. The van der Waals surface area contributed by atoms with Gasteiger partial charge >= 0.3 is 5.88 Å². The lowest BCUT2D eigenvalue weighted by Crippen LogP contribution is -3.13. The van der Waals surface area contributed by atoms with E-state index in [2.05, 4.69) is 0 Å². The molecule has 2 aromatic rings. The van der Waals surface area contributed by atoms with E-state index in [1.807, 2.05) is 6.07 Å². The number of nitrogens with one attached hydrogen (secondary N) is 1. The van der Waals surface area contributed by atoms with Crippen LogP contribution in [0.15, 0.2) is 40.8 Å². The molecular weight excluding hydrogens is 369 g/mol. The van der Waals surface area contributed by atoms with Crippen molar-refractivity contribution in [3.8, 4) is 5.75 Å². The zero-order chi connectivity index (χ0) is 20.1. The molecule has 0 radical (unpaired) electrons. The highest BCUT2D eigenvalue weighted by Crippen LogP contribution is 2.18. The molecule has 1 aromatic heterocycles. The molecule has 0 bridgehead atoms. The van der Waals surface area contributed by atoms with Crippen molar-refractivity contribution in [2.45, 2.75) is 6.54 Å². The molecule has 0 spiro atoms. The number of carbonyl (C=O) groups excluding carboxylic acids is 1. The highest BCUT2D eigenvalue weighted by atomic mass is 19.1. The molecule has 28 heavy (non-hydrogen) atoms. The van der Waals surface area contributed by atoms with Gasteiger partial charge in [0, 0.05) is 11.6 Å². The van der Waals surface area contributed by atoms with Crippen LogP contribution in [0.4, 0.5) is 10.3 Å². The van der Waals surface area contributed by atoms with E-state index < -0.39 is 4.92 Å². The third-order valence-corrected chi connectivity index (χ3v) is 4.64. The number of nitro groups is 1. The van der Waals surface area contributed by atoms with Crippen LogP contribution in [0, 0.1) is 15.9 Å². The third kappa shape index (κ3) is 4.74. The van der Waals surface area contributed by atoms with Crippen molar-refractivity contribution in [1.29, 1.82) is 0 Å². The summed E-state index contributed by atoms with van der Waals surface area (Å²) in [6, 6.07) is 7.63. The Labute approximate surface area is 160 Å². The maximum absolute atomic E-state index is 13.8. The van der Waals surface area contributed by atoms with Crippen molar-refractivity contribution in [1.82, 2.24) is 4.90 Å². The zero-order valence-corrected chi connectivity index (χ0v) is 15.4. The standard InChI is InChI=1S/C19H20FN3O5/c1-27-17-5-2-14(12-16(17)20)13-21-8-10-22(11-9-21)18(24)6-3-15-4-7-19(28-15)23(25)26/h2-7,12H,8-11,13H2,1H3/p+1/b6-3+. The smallest absolute Gasteiger partial charge is 0.433 e. The predicted molar refractivity (Wildman–Crippen MR) is 98.3 cm³/mol. The van der Waals surface area contributed by atoms with E-state index in [0.717, 1.165) is 18.7 Å².